The molecule has 0 amide bonds. The molecular formula is C21H22O3. The lowest BCUT2D eigenvalue weighted by atomic mass is 9.89. The molecule has 0 atom stereocenters. The number of benzene rings is 2. The Kier molecular flexibility index (Phi) is 4.18. The molecule has 3 nitrogen and oxygen atoms in total. The van der Waals surface area contributed by atoms with E-state index in [9.17, 15) is 9.90 Å². The molecule has 0 spiro atoms. The number of rotatable bonds is 3. The Morgan fingerprint density at radius 3 is 2.29 bits per heavy atom. The molecule has 3 heteroatoms. The van der Waals surface area contributed by atoms with Gasteiger partial charge in [-0.2, -0.15) is 0 Å². The van der Waals surface area contributed by atoms with Crippen LogP contribution in [0.3, 0.4) is 0 Å². The van der Waals surface area contributed by atoms with Crippen LogP contribution in [0.25, 0.3) is 22.1 Å². The van der Waals surface area contributed by atoms with Gasteiger partial charge >= 0.3 is 5.63 Å². The second-order valence-electron chi connectivity index (χ2n) is 6.83. The van der Waals surface area contributed by atoms with Crippen molar-refractivity contribution in [3.05, 3.63) is 64.0 Å². The topological polar surface area (TPSA) is 50.4 Å². The smallest absolute Gasteiger partial charge is 0.344 e. The van der Waals surface area contributed by atoms with Crippen molar-refractivity contribution in [1.82, 2.24) is 0 Å². The van der Waals surface area contributed by atoms with Crippen LogP contribution in [-0.4, -0.2) is 5.11 Å². The monoisotopic (exact) mass is 322 g/mol. The molecule has 124 valence electrons. The highest BCUT2D eigenvalue weighted by Gasteiger charge is 2.15. The number of hydrogen-bond donors (Lipinski definition) is 1. The number of phenolic OH excluding ortho intramolecular Hbond substituents is 1. The van der Waals surface area contributed by atoms with Crippen molar-refractivity contribution in [1.29, 1.82) is 0 Å². The summed E-state index contributed by atoms with van der Waals surface area (Å²) in [5.74, 6) is 0.823. The van der Waals surface area contributed by atoms with Crippen molar-refractivity contribution in [3.8, 4) is 16.9 Å². The van der Waals surface area contributed by atoms with Crippen molar-refractivity contribution in [2.45, 2.75) is 39.5 Å². The second kappa shape index (κ2) is 6.16. The summed E-state index contributed by atoms with van der Waals surface area (Å²) in [4.78, 5) is 12.5. The molecule has 0 saturated carbocycles. The summed E-state index contributed by atoms with van der Waals surface area (Å²) < 4.78 is 5.42. The first kappa shape index (κ1) is 16.3. The zero-order valence-corrected chi connectivity index (χ0v) is 14.5. The van der Waals surface area contributed by atoms with Gasteiger partial charge in [-0.25, -0.2) is 4.79 Å². The van der Waals surface area contributed by atoms with Gasteiger partial charge in [0.05, 0.1) is 5.56 Å². The molecule has 0 aliphatic rings. The van der Waals surface area contributed by atoms with Gasteiger partial charge in [-0.15, -0.1) is 0 Å². The molecule has 0 aliphatic heterocycles. The molecule has 0 bridgehead atoms. The normalized spacial score (nSPS) is 11.6. The third-order valence-corrected chi connectivity index (χ3v) is 4.37. The van der Waals surface area contributed by atoms with Crippen LogP contribution in [0, 0.1) is 0 Å². The number of fused-ring (bicyclic) bond motifs is 1. The largest absolute Gasteiger partial charge is 0.508 e. The van der Waals surface area contributed by atoms with Gasteiger partial charge in [0, 0.05) is 11.5 Å². The van der Waals surface area contributed by atoms with E-state index in [4.69, 9.17) is 4.42 Å². The van der Waals surface area contributed by atoms with E-state index in [2.05, 4.69) is 39.8 Å². The number of phenols is 1. The Labute approximate surface area is 141 Å². The number of hydrogen-bond acceptors (Lipinski definition) is 3. The second-order valence-corrected chi connectivity index (χ2v) is 6.83. The Bertz CT molecular complexity index is 949. The number of aromatic hydroxyl groups is 1. The molecular weight excluding hydrogens is 300 g/mol. The molecule has 1 N–H and O–H groups in total. The minimum Gasteiger partial charge on any atom is -0.508 e. The molecule has 1 aromatic heterocycles. The quantitative estimate of drug-likeness (QED) is 0.656. The lowest BCUT2D eigenvalue weighted by Crippen LogP contribution is -2.06. The lowest BCUT2D eigenvalue weighted by molar-refractivity contribution is 0.473. The van der Waals surface area contributed by atoms with E-state index < -0.39 is 0 Å². The highest BCUT2D eigenvalue weighted by molar-refractivity contribution is 5.83. The highest BCUT2D eigenvalue weighted by Crippen LogP contribution is 2.32. The summed E-state index contributed by atoms with van der Waals surface area (Å²) in [6.07, 6.45) is 0. The van der Waals surface area contributed by atoms with Crippen molar-refractivity contribution in [2.75, 3.05) is 0 Å². The minimum atomic E-state index is -0.382. The molecule has 1 heterocycles. The van der Waals surface area contributed by atoms with Gasteiger partial charge in [0.25, 0.3) is 0 Å². The summed E-state index contributed by atoms with van der Waals surface area (Å²) >= 11 is 0. The molecule has 0 saturated heterocycles. The van der Waals surface area contributed by atoms with Crippen LogP contribution in [0.1, 0.15) is 50.7 Å². The standard InChI is InChI=1S/C21H22O3/c1-12(2)14-6-8-17(18(9-14)13(3)4)19-10-15-5-7-16(22)11-20(15)24-21(19)23/h5-13,22H,1-4H3. The van der Waals surface area contributed by atoms with Gasteiger partial charge in [-0.05, 0) is 46.7 Å². The molecule has 3 rings (SSSR count). The van der Waals surface area contributed by atoms with Crippen molar-refractivity contribution >= 4 is 11.0 Å². The van der Waals surface area contributed by atoms with Gasteiger partial charge < -0.3 is 9.52 Å². The van der Waals surface area contributed by atoms with E-state index in [0.717, 1.165) is 16.5 Å². The third-order valence-electron chi connectivity index (χ3n) is 4.37. The summed E-state index contributed by atoms with van der Waals surface area (Å²) in [5.41, 5.74) is 3.90. The molecule has 2 aromatic carbocycles. The van der Waals surface area contributed by atoms with E-state index in [1.54, 1.807) is 12.1 Å². The molecule has 0 fully saturated rings. The predicted octanol–water partition coefficient (Wildman–Crippen LogP) is 5.41. The summed E-state index contributed by atoms with van der Waals surface area (Å²) in [5, 5.41) is 10.3. The minimum absolute atomic E-state index is 0.0857. The average Bonchev–Trinajstić information content (AvgIpc) is 2.53. The first-order valence-electron chi connectivity index (χ1n) is 8.28. The summed E-state index contributed by atoms with van der Waals surface area (Å²) in [6, 6.07) is 12.9. The van der Waals surface area contributed by atoms with Crippen LogP contribution in [0.4, 0.5) is 0 Å². The predicted molar refractivity (Wildman–Crippen MR) is 97.8 cm³/mol. The molecule has 0 unspecified atom stereocenters. The van der Waals surface area contributed by atoms with Gasteiger partial charge in [0.2, 0.25) is 0 Å². The third kappa shape index (κ3) is 2.94. The Hall–Kier alpha value is -2.55. The van der Waals surface area contributed by atoms with E-state index in [-0.39, 0.29) is 11.4 Å². The fraction of sp³-hybridized carbons (Fsp3) is 0.286. The fourth-order valence-electron chi connectivity index (χ4n) is 2.95. The first-order valence-corrected chi connectivity index (χ1v) is 8.28. The Morgan fingerprint density at radius 2 is 1.62 bits per heavy atom. The van der Waals surface area contributed by atoms with Gasteiger partial charge in [0.1, 0.15) is 11.3 Å². The lowest BCUT2D eigenvalue weighted by Gasteiger charge is -2.16. The molecule has 3 aromatic rings. The zero-order valence-electron chi connectivity index (χ0n) is 14.5. The first-order chi connectivity index (χ1) is 11.4. The molecule has 0 aliphatic carbocycles. The van der Waals surface area contributed by atoms with Gasteiger partial charge in [0.15, 0.2) is 0 Å². The van der Waals surface area contributed by atoms with Crippen LogP contribution in [0.2, 0.25) is 0 Å². The average molecular weight is 322 g/mol. The Balaban J connectivity index is 2.25. The van der Waals surface area contributed by atoms with Crippen LogP contribution in [0.15, 0.2) is 51.7 Å². The van der Waals surface area contributed by atoms with Crippen LogP contribution < -0.4 is 5.63 Å². The van der Waals surface area contributed by atoms with Crippen LogP contribution >= 0.6 is 0 Å². The van der Waals surface area contributed by atoms with Crippen molar-refractivity contribution in [3.63, 3.8) is 0 Å². The maximum Gasteiger partial charge on any atom is 0.344 e. The van der Waals surface area contributed by atoms with Crippen molar-refractivity contribution < 1.29 is 9.52 Å². The maximum absolute atomic E-state index is 12.5. The zero-order chi connectivity index (χ0) is 17.4. The van der Waals surface area contributed by atoms with Crippen LogP contribution in [0.5, 0.6) is 5.75 Å². The molecule has 24 heavy (non-hydrogen) atoms. The van der Waals surface area contributed by atoms with Gasteiger partial charge in [-0.3, -0.25) is 0 Å². The van der Waals surface area contributed by atoms with Gasteiger partial charge in [-0.1, -0.05) is 45.9 Å². The van der Waals surface area contributed by atoms with Crippen LogP contribution in [-0.2, 0) is 0 Å². The SMILES string of the molecule is CC(C)c1ccc(-c2cc3ccc(O)cc3oc2=O)c(C(C)C)c1. The fourth-order valence-corrected chi connectivity index (χ4v) is 2.95. The molecule has 0 radical (unpaired) electrons. The highest BCUT2D eigenvalue weighted by atomic mass is 16.4. The van der Waals surface area contributed by atoms with E-state index in [0.29, 0.717) is 23.0 Å². The summed E-state index contributed by atoms with van der Waals surface area (Å²) in [7, 11) is 0. The maximum atomic E-state index is 12.5. The van der Waals surface area contributed by atoms with E-state index in [1.807, 2.05) is 12.1 Å². The van der Waals surface area contributed by atoms with Crippen molar-refractivity contribution in [2.24, 2.45) is 0 Å². The Morgan fingerprint density at radius 1 is 0.875 bits per heavy atom. The summed E-state index contributed by atoms with van der Waals surface area (Å²) in [6.45, 7) is 8.58. The van der Waals surface area contributed by atoms with E-state index in [1.165, 1.54) is 11.6 Å². The van der Waals surface area contributed by atoms with E-state index >= 15 is 0 Å².